The quantitative estimate of drug-likeness (QED) is 0.760. The molecule has 0 bridgehead atoms. The molecule has 0 spiro atoms. The lowest BCUT2D eigenvalue weighted by Crippen LogP contribution is -2.03. The van der Waals surface area contributed by atoms with Gasteiger partial charge in [-0.25, -0.2) is 9.78 Å². The summed E-state index contributed by atoms with van der Waals surface area (Å²) >= 11 is 0. The van der Waals surface area contributed by atoms with Crippen molar-refractivity contribution < 1.29 is 14.6 Å². The third kappa shape index (κ3) is 1.96. The highest BCUT2D eigenvalue weighted by Gasteiger charge is 2.24. The first-order valence-electron chi connectivity index (χ1n) is 4.13. The van der Waals surface area contributed by atoms with Gasteiger partial charge in [-0.2, -0.15) is 0 Å². The minimum Gasteiger partial charge on any atom is -0.477 e. The smallest absolute Gasteiger partial charge is 0.354 e. The van der Waals surface area contributed by atoms with E-state index in [-0.39, 0.29) is 11.8 Å². The first-order valence-corrected chi connectivity index (χ1v) is 4.13. The van der Waals surface area contributed by atoms with Gasteiger partial charge in [0.2, 0.25) is 5.88 Å². The van der Waals surface area contributed by atoms with Crippen LogP contribution in [0.5, 0.6) is 5.88 Å². The highest BCUT2D eigenvalue weighted by molar-refractivity contribution is 5.85. The topological polar surface area (TPSA) is 59.4 Å². The predicted molar refractivity (Wildman–Crippen MR) is 44.8 cm³/mol. The number of hydrogen-bond donors (Lipinski definition) is 1. The van der Waals surface area contributed by atoms with Gasteiger partial charge in [0.15, 0.2) is 5.69 Å². The SMILES string of the molecule is O=C(O)c1cccc(OC2CC2)n1. The molecule has 4 heteroatoms. The van der Waals surface area contributed by atoms with E-state index in [2.05, 4.69) is 4.98 Å². The number of carboxylic acids is 1. The van der Waals surface area contributed by atoms with E-state index < -0.39 is 5.97 Å². The predicted octanol–water partition coefficient (Wildman–Crippen LogP) is 1.32. The lowest BCUT2D eigenvalue weighted by Gasteiger charge is -2.02. The lowest BCUT2D eigenvalue weighted by molar-refractivity contribution is 0.0689. The van der Waals surface area contributed by atoms with Crippen LogP contribution in [0.15, 0.2) is 18.2 Å². The second-order valence-electron chi connectivity index (χ2n) is 2.98. The Morgan fingerprint density at radius 2 is 2.31 bits per heavy atom. The van der Waals surface area contributed by atoms with Crippen LogP contribution < -0.4 is 4.74 Å². The molecule has 0 atom stereocenters. The molecular weight excluding hydrogens is 170 g/mol. The molecule has 0 amide bonds. The number of nitrogens with zero attached hydrogens (tertiary/aromatic N) is 1. The van der Waals surface area contributed by atoms with Crippen LogP contribution in [0.25, 0.3) is 0 Å². The number of hydrogen-bond acceptors (Lipinski definition) is 3. The number of aromatic nitrogens is 1. The molecule has 0 unspecified atom stereocenters. The molecule has 1 heterocycles. The fraction of sp³-hybridized carbons (Fsp3) is 0.333. The van der Waals surface area contributed by atoms with Crippen LogP contribution in [0, 0.1) is 0 Å². The average Bonchev–Trinajstić information content (AvgIpc) is 2.89. The largest absolute Gasteiger partial charge is 0.477 e. The van der Waals surface area contributed by atoms with Crippen molar-refractivity contribution in [3.8, 4) is 5.88 Å². The highest BCUT2D eigenvalue weighted by Crippen LogP contribution is 2.25. The van der Waals surface area contributed by atoms with Gasteiger partial charge in [0.1, 0.15) is 6.10 Å². The van der Waals surface area contributed by atoms with E-state index in [1.807, 2.05) is 0 Å². The maximum atomic E-state index is 10.5. The van der Waals surface area contributed by atoms with E-state index in [1.165, 1.54) is 6.07 Å². The number of rotatable bonds is 3. The number of carbonyl (C=O) groups is 1. The standard InChI is InChI=1S/C9H9NO3/c11-9(12)7-2-1-3-8(10-7)13-6-4-5-6/h1-3,6H,4-5H2,(H,11,12). The summed E-state index contributed by atoms with van der Waals surface area (Å²) in [6, 6.07) is 4.75. The van der Waals surface area contributed by atoms with Crippen molar-refractivity contribution >= 4 is 5.97 Å². The van der Waals surface area contributed by atoms with E-state index in [9.17, 15) is 4.79 Å². The molecular formula is C9H9NO3. The lowest BCUT2D eigenvalue weighted by atomic mass is 10.3. The maximum Gasteiger partial charge on any atom is 0.354 e. The van der Waals surface area contributed by atoms with Crippen molar-refractivity contribution in [3.63, 3.8) is 0 Å². The monoisotopic (exact) mass is 179 g/mol. The molecule has 1 N–H and O–H groups in total. The van der Waals surface area contributed by atoms with Crippen molar-refractivity contribution in [1.82, 2.24) is 4.98 Å². The molecule has 1 aromatic rings. The zero-order valence-corrected chi connectivity index (χ0v) is 6.93. The molecule has 2 rings (SSSR count). The summed E-state index contributed by atoms with van der Waals surface area (Å²) < 4.78 is 5.34. The van der Waals surface area contributed by atoms with Gasteiger partial charge in [-0.3, -0.25) is 0 Å². The highest BCUT2D eigenvalue weighted by atomic mass is 16.5. The third-order valence-electron chi connectivity index (χ3n) is 1.75. The number of aromatic carboxylic acids is 1. The zero-order chi connectivity index (χ0) is 9.26. The molecule has 1 aromatic heterocycles. The molecule has 0 aliphatic heterocycles. The van der Waals surface area contributed by atoms with Crippen molar-refractivity contribution in [2.75, 3.05) is 0 Å². The number of pyridine rings is 1. The Labute approximate surface area is 75.2 Å². The zero-order valence-electron chi connectivity index (χ0n) is 6.93. The van der Waals surface area contributed by atoms with Gasteiger partial charge in [0, 0.05) is 6.07 Å². The average molecular weight is 179 g/mol. The van der Waals surface area contributed by atoms with Crippen LogP contribution >= 0.6 is 0 Å². The van der Waals surface area contributed by atoms with Crippen molar-refractivity contribution in [2.45, 2.75) is 18.9 Å². The second-order valence-corrected chi connectivity index (χ2v) is 2.98. The van der Waals surface area contributed by atoms with Crippen molar-refractivity contribution in [1.29, 1.82) is 0 Å². The van der Waals surface area contributed by atoms with Crippen LogP contribution in [0.3, 0.4) is 0 Å². The fourth-order valence-electron chi connectivity index (χ4n) is 0.956. The summed E-state index contributed by atoms with van der Waals surface area (Å²) in [6.45, 7) is 0. The summed E-state index contributed by atoms with van der Waals surface area (Å²) in [4.78, 5) is 14.4. The molecule has 0 aromatic carbocycles. The summed E-state index contributed by atoms with van der Waals surface area (Å²) in [5.74, 6) is -0.622. The normalized spacial score (nSPS) is 15.4. The van der Waals surface area contributed by atoms with E-state index in [1.54, 1.807) is 12.1 Å². The van der Waals surface area contributed by atoms with E-state index in [4.69, 9.17) is 9.84 Å². The Balaban J connectivity index is 2.15. The van der Waals surface area contributed by atoms with Gasteiger partial charge in [-0.1, -0.05) is 6.07 Å². The van der Waals surface area contributed by atoms with Crippen LogP contribution in [-0.4, -0.2) is 22.2 Å². The molecule has 0 radical (unpaired) electrons. The van der Waals surface area contributed by atoms with Gasteiger partial charge >= 0.3 is 5.97 Å². The van der Waals surface area contributed by atoms with E-state index in [0.29, 0.717) is 5.88 Å². The number of carboxylic acid groups (broad SMARTS) is 1. The Morgan fingerprint density at radius 3 is 2.92 bits per heavy atom. The van der Waals surface area contributed by atoms with Crippen molar-refractivity contribution in [2.24, 2.45) is 0 Å². The minimum absolute atomic E-state index is 0.0261. The molecule has 1 saturated carbocycles. The Hall–Kier alpha value is -1.58. The van der Waals surface area contributed by atoms with Crippen molar-refractivity contribution in [3.05, 3.63) is 23.9 Å². The van der Waals surface area contributed by atoms with E-state index in [0.717, 1.165) is 12.8 Å². The summed E-state index contributed by atoms with van der Waals surface area (Å²) in [7, 11) is 0. The summed E-state index contributed by atoms with van der Waals surface area (Å²) in [5, 5.41) is 8.64. The molecule has 4 nitrogen and oxygen atoms in total. The van der Waals surface area contributed by atoms with Crippen LogP contribution in [0.1, 0.15) is 23.3 Å². The van der Waals surface area contributed by atoms with Gasteiger partial charge in [0.25, 0.3) is 0 Å². The van der Waals surface area contributed by atoms with Gasteiger partial charge < -0.3 is 9.84 Å². The van der Waals surface area contributed by atoms with Crippen LogP contribution in [0.4, 0.5) is 0 Å². The van der Waals surface area contributed by atoms with Gasteiger partial charge in [-0.05, 0) is 18.9 Å². The Morgan fingerprint density at radius 1 is 1.54 bits per heavy atom. The molecule has 1 fully saturated rings. The maximum absolute atomic E-state index is 10.5. The Kier molecular flexibility index (Phi) is 1.88. The first kappa shape index (κ1) is 8.04. The van der Waals surface area contributed by atoms with Crippen LogP contribution in [-0.2, 0) is 0 Å². The number of ether oxygens (including phenoxy) is 1. The summed E-state index contributed by atoms with van der Waals surface area (Å²) in [6.07, 6.45) is 2.33. The molecule has 0 saturated heterocycles. The molecule has 1 aliphatic rings. The van der Waals surface area contributed by atoms with Gasteiger partial charge in [-0.15, -0.1) is 0 Å². The molecule has 68 valence electrons. The van der Waals surface area contributed by atoms with Crippen LogP contribution in [0.2, 0.25) is 0 Å². The fourth-order valence-corrected chi connectivity index (χ4v) is 0.956. The van der Waals surface area contributed by atoms with Gasteiger partial charge in [0.05, 0.1) is 0 Å². The Bertz CT molecular complexity index is 333. The minimum atomic E-state index is -1.03. The molecule has 1 aliphatic carbocycles. The summed E-state index contributed by atoms with van der Waals surface area (Å²) in [5.41, 5.74) is 0.0261. The second kappa shape index (κ2) is 3.05. The first-order chi connectivity index (χ1) is 6.25. The third-order valence-corrected chi connectivity index (χ3v) is 1.75. The molecule has 13 heavy (non-hydrogen) atoms. The van der Waals surface area contributed by atoms with E-state index >= 15 is 0 Å².